The molecule has 1 atom stereocenters. The fourth-order valence-electron chi connectivity index (χ4n) is 3.33. The highest BCUT2D eigenvalue weighted by Crippen LogP contribution is 2.30. The van der Waals surface area contributed by atoms with Crippen LogP contribution in [-0.4, -0.2) is 41.0 Å². The number of benzene rings is 1. The number of carbonyl (C=O) groups is 2. The summed E-state index contributed by atoms with van der Waals surface area (Å²) in [6, 6.07) is 7.49. The van der Waals surface area contributed by atoms with Gasteiger partial charge in [-0.15, -0.1) is 0 Å². The molecular weight excluding hydrogens is 456 g/mol. The van der Waals surface area contributed by atoms with Gasteiger partial charge in [0.05, 0.1) is 11.5 Å². The standard InChI is InChI=1S/C21H19F6N3O3/c22-20(23,24)12-33-19-14(4-2-6-28-19)9-29-18(32)15-8-17(31)30(11-15)10-13-3-1-5-16(7-13)21(25,26)27/h1-7,15H,8-12H2,(H,29,32). The molecule has 12 heteroatoms. The van der Waals surface area contributed by atoms with Crippen molar-refractivity contribution in [3.05, 3.63) is 59.3 Å². The lowest BCUT2D eigenvalue weighted by molar-refractivity contribution is -0.154. The molecule has 1 fully saturated rings. The van der Waals surface area contributed by atoms with Gasteiger partial charge in [-0.2, -0.15) is 26.3 Å². The molecule has 1 unspecified atom stereocenters. The fourth-order valence-corrected chi connectivity index (χ4v) is 3.33. The van der Waals surface area contributed by atoms with E-state index in [4.69, 9.17) is 0 Å². The van der Waals surface area contributed by atoms with E-state index < -0.39 is 36.3 Å². The van der Waals surface area contributed by atoms with Crippen molar-refractivity contribution in [3.8, 4) is 5.88 Å². The molecule has 178 valence electrons. The molecule has 2 amide bonds. The second-order valence-electron chi connectivity index (χ2n) is 7.46. The Kier molecular flexibility index (Phi) is 7.13. The smallest absolute Gasteiger partial charge is 0.422 e. The average Bonchev–Trinajstić information content (AvgIpc) is 3.10. The number of aromatic nitrogens is 1. The Morgan fingerprint density at radius 3 is 2.61 bits per heavy atom. The van der Waals surface area contributed by atoms with Gasteiger partial charge in [0.25, 0.3) is 0 Å². The second kappa shape index (κ2) is 9.67. The molecule has 2 heterocycles. The number of pyridine rings is 1. The third-order valence-corrected chi connectivity index (χ3v) is 4.89. The lowest BCUT2D eigenvalue weighted by Crippen LogP contribution is -2.32. The number of hydrogen-bond donors (Lipinski definition) is 1. The van der Waals surface area contributed by atoms with Crippen molar-refractivity contribution >= 4 is 11.8 Å². The summed E-state index contributed by atoms with van der Waals surface area (Å²) in [5, 5.41) is 2.54. The maximum atomic E-state index is 12.9. The summed E-state index contributed by atoms with van der Waals surface area (Å²) in [6.45, 7) is -1.78. The monoisotopic (exact) mass is 475 g/mol. The summed E-state index contributed by atoms with van der Waals surface area (Å²) in [4.78, 5) is 29.8. The van der Waals surface area contributed by atoms with Gasteiger partial charge in [0.1, 0.15) is 0 Å². The van der Waals surface area contributed by atoms with Crippen LogP contribution in [0.5, 0.6) is 5.88 Å². The molecule has 3 rings (SSSR count). The first-order valence-corrected chi connectivity index (χ1v) is 9.77. The number of nitrogens with zero attached hydrogens (tertiary/aromatic N) is 2. The summed E-state index contributed by atoms with van der Waals surface area (Å²) >= 11 is 0. The molecule has 0 bridgehead atoms. The zero-order valence-corrected chi connectivity index (χ0v) is 17.0. The number of alkyl halides is 6. The lowest BCUT2D eigenvalue weighted by atomic mass is 10.1. The van der Waals surface area contributed by atoms with Crippen molar-refractivity contribution in [2.24, 2.45) is 5.92 Å². The van der Waals surface area contributed by atoms with Crippen molar-refractivity contribution in [2.45, 2.75) is 31.9 Å². The van der Waals surface area contributed by atoms with E-state index in [1.165, 1.54) is 35.4 Å². The third kappa shape index (κ3) is 6.83. The van der Waals surface area contributed by atoms with E-state index in [0.29, 0.717) is 0 Å². The second-order valence-corrected chi connectivity index (χ2v) is 7.46. The lowest BCUT2D eigenvalue weighted by Gasteiger charge is -2.18. The Hall–Kier alpha value is -3.31. The maximum absolute atomic E-state index is 12.9. The minimum absolute atomic E-state index is 0.00534. The highest BCUT2D eigenvalue weighted by atomic mass is 19.4. The van der Waals surface area contributed by atoms with Gasteiger partial charge in [-0.3, -0.25) is 9.59 Å². The predicted molar refractivity (Wildman–Crippen MR) is 103 cm³/mol. The first-order valence-electron chi connectivity index (χ1n) is 9.77. The Balaban J connectivity index is 1.57. The zero-order valence-electron chi connectivity index (χ0n) is 17.0. The van der Waals surface area contributed by atoms with Gasteiger partial charge < -0.3 is 15.0 Å². The van der Waals surface area contributed by atoms with Crippen molar-refractivity contribution < 1.29 is 40.7 Å². The minimum atomic E-state index is -4.55. The largest absolute Gasteiger partial charge is 0.468 e. The topological polar surface area (TPSA) is 71.5 Å². The van der Waals surface area contributed by atoms with E-state index >= 15 is 0 Å². The molecule has 6 nitrogen and oxygen atoms in total. The van der Waals surface area contributed by atoms with E-state index in [1.54, 1.807) is 0 Å². The Labute approximate surface area is 184 Å². The van der Waals surface area contributed by atoms with E-state index in [-0.39, 0.29) is 49.0 Å². The Morgan fingerprint density at radius 1 is 1.15 bits per heavy atom. The van der Waals surface area contributed by atoms with Crippen LogP contribution in [0, 0.1) is 5.92 Å². The molecule has 1 aromatic carbocycles. The van der Waals surface area contributed by atoms with Crippen molar-refractivity contribution in [2.75, 3.05) is 13.2 Å². The van der Waals surface area contributed by atoms with Crippen LogP contribution >= 0.6 is 0 Å². The van der Waals surface area contributed by atoms with Crippen LogP contribution in [-0.2, 0) is 28.9 Å². The van der Waals surface area contributed by atoms with Gasteiger partial charge in [-0.05, 0) is 23.8 Å². The van der Waals surface area contributed by atoms with Gasteiger partial charge in [0.15, 0.2) is 6.61 Å². The Morgan fingerprint density at radius 2 is 1.91 bits per heavy atom. The molecule has 0 aliphatic carbocycles. The van der Waals surface area contributed by atoms with Crippen LogP contribution in [0.15, 0.2) is 42.6 Å². The number of rotatable bonds is 7. The molecule has 1 N–H and O–H groups in total. The first-order chi connectivity index (χ1) is 15.4. The maximum Gasteiger partial charge on any atom is 0.422 e. The van der Waals surface area contributed by atoms with Crippen LogP contribution in [0.3, 0.4) is 0 Å². The van der Waals surface area contributed by atoms with Crippen molar-refractivity contribution in [3.63, 3.8) is 0 Å². The van der Waals surface area contributed by atoms with E-state index in [9.17, 15) is 35.9 Å². The van der Waals surface area contributed by atoms with Gasteiger partial charge in [-0.1, -0.05) is 18.2 Å². The van der Waals surface area contributed by atoms with Crippen molar-refractivity contribution in [1.29, 1.82) is 0 Å². The number of hydrogen-bond acceptors (Lipinski definition) is 4. The normalized spacial score (nSPS) is 16.7. The number of halogens is 6. The number of amides is 2. The zero-order chi connectivity index (χ0) is 24.2. The van der Waals surface area contributed by atoms with Crippen LogP contribution in [0.25, 0.3) is 0 Å². The summed E-state index contributed by atoms with van der Waals surface area (Å²) in [5.41, 5.74) is -0.331. The molecule has 1 saturated heterocycles. The van der Waals surface area contributed by atoms with Gasteiger partial charge in [-0.25, -0.2) is 4.98 Å². The summed E-state index contributed by atoms with van der Waals surface area (Å²) in [6.07, 6.45) is -7.94. The SMILES string of the molecule is O=C(NCc1cccnc1OCC(F)(F)F)C1CC(=O)N(Cc2cccc(C(F)(F)F)c2)C1. The molecule has 1 aromatic heterocycles. The highest BCUT2D eigenvalue weighted by Gasteiger charge is 2.35. The summed E-state index contributed by atoms with van der Waals surface area (Å²) in [7, 11) is 0. The van der Waals surface area contributed by atoms with Gasteiger partial charge in [0.2, 0.25) is 17.7 Å². The van der Waals surface area contributed by atoms with Gasteiger partial charge >= 0.3 is 12.4 Å². The molecule has 0 spiro atoms. The van der Waals surface area contributed by atoms with Crippen LogP contribution in [0.1, 0.15) is 23.1 Å². The van der Waals surface area contributed by atoms with Crippen LogP contribution in [0.2, 0.25) is 0 Å². The average molecular weight is 475 g/mol. The van der Waals surface area contributed by atoms with Crippen LogP contribution < -0.4 is 10.1 Å². The molecule has 0 saturated carbocycles. The number of likely N-dealkylation sites (tertiary alicyclic amines) is 1. The van der Waals surface area contributed by atoms with Crippen LogP contribution in [0.4, 0.5) is 26.3 Å². The highest BCUT2D eigenvalue weighted by molar-refractivity contribution is 5.89. The van der Waals surface area contributed by atoms with Crippen molar-refractivity contribution in [1.82, 2.24) is 15.2 Å². The minimum Gasteiger partial charge on any atom is -0.468 e. The quantitative estimate of drug-likeness (QED) is 0.620. The molecule has 0 radical (unpaired) electrons. The van der Waals surface area contributed by atoms with E-state index in [0.717, 1.165) is 12.1 Å². The van der Waals surface area contributed by atoms with E-state index in [2.05, 4.69) is 15.0 Å². The van der Waals surface area contributed by atoms with E-state index in [1.807, 2.05) is 0 Å². The predicted octanol–water partition coefficient (Wildman–Crippen LogP) is 3.71. The molecule has 2 aromatic rings. The third-order valence-electron chi connectivity index (χ3n) is 4.89. The number of nitrogens with one attached hydrogen (secondary N) is 1. The summed E-state index contributed by atoms with van der Waals surface area (Å²) < 4.78 is 80.5. The molecule has 33 heavy (non-hydrogen) atoms. The van der Waals surface area contributed by atoms with Gasteiger partial charge in [0, 0.05) is 37.8 Å². The molecule has 1 aliphatic heterocycles. The molecule has 1 aliphatic rings. The molecular formula is C21H19F6N3O3. The summed E-state index contributed by atoms with van der Waals surface area (Å²) in [5.74, 6) is -1.92. The first kappa shape index (κ1) is 24.3. The fraction of sp³-hybridized carbons (Fsp3) is 0.381. The Bertz CT molecular complexity index is 1010. The number of carbonyl (C=O) groups excluding carboxylic acids is 2. The number of ether oxygens (including phenoxy) is 1.